The van der Waals surface area contributed by atoms with Gasteiger partial charge in [0.2, 0.25) is 5.91 Å². The van der Waals surface area contributed by atoms with Crippen LogP contribution in [0, 0.1) is 5.92 Å². The molecule has 0 spiro atoms. The Kier molecular flexibility index (Phi) is 5.37. The number of benzene rings is 1. The largest absolute Gasteiger partial charge is 0.478 e. The zero-order valence-corrected chi connectivity index (χ0v) is 12.5. The summed E-state index contributed by atoms with van der Waals surface area (Å²) in [7, 11) is 1.86. The van der Waals surface area contributed by atoms with Gasteiger partial charge in [-0.3, -0.25) is 4.79 Å². The molecule has 21 heavy (non-hydrogen) atoms. The van der Waals surface area contributed by atoms with Gasteiger partial charge in [-0.1, -0.05) is 31.4 Å². The summed E-state index contributed by atoms with van der Waals surface area (Å²) < 4.78 is 0. The van der Waals surface area contributed by atoms with Gasteiger partial charge in [-0.15, -0.1) is 0 Å². The predicted octanol–water partition coefficient (Wildman–Crippen LogP) is 2.97. The smallest absolute Gasteiger partial charge is 0.335 e. The van der Waals surface area contributed by atoms with E-state index in [2.05, 4.69) is 0 Å². The first-order valence-corrected chi connectivity index (χ1v) is 7.62. The van der Waals surface area contributed by atoms with Crippen LogP contribution in [0.15, 0.2) is 24.3 Å². The zero-order valence-electron chi connectivity index (χ0n) is 12.5. The molecule has 0 aromatic heterocycles. The summed E-state index contributed by atoms with van der Waals surface area (Å²) >= 11 is 0. The lowest BCUT2D eigenvalue weighted by molar-refractivity contribution is -0.129. The molecule has 0 saturated heterocycles. The van der Waals surface area contributed by atoms with Crippen LogP contribution in [0.5, 0.6) is 0 Å². The van der Waals surface area contributed by atoms with Crippen molar-refractivity contribution >= 4 is 11.9 Å². The molecule has 114 valence electrons. The van der Waals surface area contributed by atoms with Crippen LogP contribution in [0.2, 0.25) is 0 Å². The molecule has 0 unspecified atom stereocenters. The van der Waals surface area contributed by atoms with E-state index in [4.69, 9.17) is 5.11 Å². The number of carbonyl (C=O) groups excluding carboxylic acids is 1. The van der Waals surface area contributed by atoms with Gasteiger partial charge in [0.05, 0.1) is 12.0 Å². The van der Waals surface area contributed by atoms with Crippen molar-refractivity contribution in [2.45, 2.75) is 38.5 Å². The molecule has 0 aliphatic heterocycles. The lowest BCUT2D eigenvalue weighted by Gasteiger charge is -2.27. The monoisotopic (exact) mass is 289 g/mol. The maximum atomic E-state index is 12.2. The third-order valence-electron chi connectivity index (χ3n) is 4.24. The van der Waals surface area contributed by atoms with E-state index in [0.29, 0.717) is 12.3 Å². The summed E-state index contributed by atoms with van der Waals surface area (Å²) in [6.45, 7) is 0.839. The van der Waals surface area contributed by atoms with Crippen LogP contribution in [0.25, 0.3) is 0 Å². The number of carboxylic acid groups (broad SMARTS) is 1. The van der Waals surface area contributed by atoms with Crippen LogP contribution in [-0.4, -0.2) is 35.5 Å². The van der Waals surface area contributed by atoms with E-state index in [-0.39, 0.29) is 11.5 Å². The second-order valence-electron chi connectivity index (χ2n) is 5.96. The van der Waals surface area contributed by atoms with Gasteiger partial charge >= 0.3 is 5.97 Å². The topological polar surface area (TPSA) is 57.6 Å². The fourth-order valence-corrected chi connectivity index (χ4v) is 2.93. The number of carboxylic acids is 1. The summed E-state index contributed by atoms with van der Waals surface area (Å²) in [5.74, 6) is -0.201. The van der Waals surface area contributed by atoms with Crippen molar-refractivity contribution in [1.29, 1.82) is 0 Å². The second kappa shape index (κ2) is 7.25. The SMILES string of the molecule is CN(CC1CCCCC1)C(=O)Cc1ccc(C(=O)O)cc1. The standard InChI is InChI=1S/C17H23NO3/c1-18(12-14-5-3-2-4-6-14)16(19)11-13-7-9-15(10-8-13)17(20)21/h7-10,14H,2-6,11-12H2,1H3,(H,20,21). The van der Waals surface area contributed by atoms with Crippen molar-refractivity contribution in [3.8, 4) is 0 Å². The molecule has 0 atom stereocenters. The average Bonchev–Trinajstić information content (AvgIpc) is 2.48. The molecule has 1 fully saturated rings. The Hall–Kier alpha value is -1.84. The molecule has 0 heterocycles. The van der Waals surface area contributed by atoms with Crippen molar-refractivity contribution in [3.05, 3.63) is 35.4 Å². The Morgan fingerprint density at radius 2 is 1.76 bits per heavy atom. The molecular formula is C17H23NO3. The van der Waals surface area contributed by atoms with Crippen LogP contribution >= 0.6 is 0 Å². The van der Waals surface area contributed by atoms with E-state index >= 15 is 0 Å². The van der Waals surface area contributed by atoms with Crippen LogP contribution in [0.4, 0.5) is 0 Å². The molecule has 4 heteroatoms. The zero-order chi connectivity index (χ0) is 15.2. The normalized spacial score (nSPS) is 15.7. The summed E-state index contributed by atoms with van der Waals surface area (Å²) in [5.41, 5.74) is 1.11. The number of likely N-dealkylation sites (N-methyl/N-ethyl adjacent to an activating group) is 1. The number of hydrogen-bond donors (Lipinski definition) is 1. The average molecular weight is 289 g/mol. The van der Waals surface area contributed by atoms with E-state index in [9.17, 15) is 9.59 Å². The van der Waals surface area contributed by atoms with Crippen LogP contribution in [-0.2, 0) is 11.2 Å². The van der Waals surface area contributed by atoms with E-state index in [1.807, 2.05) is 11.9 Å². The van der Waals surface area contributed by atoms with Crippen LogP contribution < -0.4 is 0 Å². The molecule has 0 radical (unpaired) electrons. The summed E-state index contributed by atoms with van der Waals surface area (Å²) in [5, 5.41) is 8.85. The van der Waals surface area contributed by atoms with Gasteiger partial charge in [-0.2, -0.15) is 0 Å². The molecule has 1 amide bonds. The van der Waals surface area contributed by atoms with E-state index in [1.54, 1.807) is 24.3 Å². The first kappa shape index (κ1) is 15.5. The first-order valence-electron chi connectivity index (χ1n) is 7.62. The number of carbonyl (C=O) groups is 2. The number of amides is 1. The minimum atomic E-state index is -0.942. The highest BCUT2D eigenvalue weighted by Crippen LogP contribution is 2.24. The Balaban J connectivity index is 1.86. The Labute approximate surface area is 125 Å². The van der Waals surface area contributed by atoms with E-state index in [1.165, 1.54) is 32.1 Å². The maximum Gasteiger partial charge on any atom is 0.335 e. The van der Waals surface area contributed by atoms with Crippen molar-refractivity contribution in [3.63, 3.8) is 0 Å². The lowest BCUT2D eigenvalue weighted by Crippen LogP contribution is -2.33. The van der Waals surface area contributed by atoms with Crippen molar-refractivity contribution in [1.82, 2.24) is 4.90 Å². The molecule has 1 aromatic rings. The highest BCUT2D eigenvalue weighted by molar-refractivity contribution is 5.87. The maximum absolute atomic E-state index is 12.2. The van der Waals surface area contributed by atoms with E-state index < -0.39 is 5.97 Å². The summed E-state index contributed by atoms with van der Waals surface area (Å²) in [6.07, 6.45) is 6.68. The summed E-state index contributed by atoms with van der Waals surface area (Å²) in [4.78, 5) is 24.8. The van der Waals surface area contributed by atoms with E-state index in [0.717, 1.165) is 12.1 Å². The van der Waals surface area contributed by atoms with Crippen molar-refractivity contribution < 1.29 is 14.7 Å². The van der Waals surface area contributed by atoms with Crippen LogP contribution in [0.3, 0.4) is 0 Å². The number of hydrogen-bond acceptors (Lipinski definition) is 2. The number of nitrogens with zero attached hydrogens (tertiary/aromatic N) is 1. The Morgan fingerprint density at radius 3 is 2.33 bits per heavy atom. The molecule has 0 bridgehead atoms. The molecular weight excluding hydrogens is 266 g/mol. The third-order valence-corrected chi connectivity index (χ3v) is 4.24. The fourth-order valence-electron chi connectivity index (χ4n) is 2.93. The first-order chi connectivity index (χ1) is 10.1. The molecule has 1 aliphatic carbocycles. The number of rotatable bonds is 5. The predicted molar refractivity (Wildman–Crippen MR) is 81.3 cm³/mol. The molecule has 1 saturated carbocycles. The molecule has 1 aliphatic rings. The molecule has 2 rings (SSSR count). The Morgan fingerprint density at radius 1 is 1.14 bits per heavy atom. The van der Waals surface area contributed by atoms with Gasteiger partial charge < -0.3 is 10.0 Å². The van der Waals surface area contributed by atoms with Crippen LogP contribution in [0.1, 0.15) is 48.0 Å². The minimum Gasteiger partial charge on any atom is -0.478 e. The minimum absolute atomic E-state index is 0.101. The Bertz CT molecular complexity index is 489. The van der Waals surface area contributed by atoms with Gasteiger partial charge in [0.15, 0.2) is 0 Å². The number of aromatic carboxylic acids is 1. The molecule has 4 nitrogen and oxygen atoms in total. The quantitative estimate of drug-likeness (QED) is 0.906. The highest BCUT2D eigenvalue weighted by Gasteiger charge is 2.18. The van der Waals surface area contributed by atoms with Gasteiger partial charge in [0.25, 0.3) is 0 Å². The summed E-state index contributed by atoms with van der Waals surface area (Å²) in [6, 6.07) is 6.53. The molecule has 1 N–H and O–H groups in total. The molecule has 1 aromatic carbocycles. The fraction of sp³-hybridized carbons (Fsp3) is 0.529. The van der Waals surface area contributed by atoms with Gasteiger partial charge in [-0.25, -0.2) is 4.79 Å². The second-order valence-corrected chi connectivity index (χ2v) is 5.96. The lowest BCUT2D eigenvalue weighted by atomic mass is 9.89. The third kappa shape index (κ3) is 4.59. The van der Waals surface area contributed by atoms with Crippen molar-refractivity contribution in [2.75, 3.05) is 13.6 Å². The van der Waals surface area contributed by atoms with Crippen molar-refractivity contribution in [2.24, 2.45) is 5.92 Å². The van der Waals surface area contributed by atoms with Gasteiger partial charge in [0.1, 0.15) is 0 Å². The highest BCUT2D eigenvalue weighted by atomic mass is 16.4. The van der Waals surface area contributed by atoms with Gasteiger partial charge in [-0.05, 0) is 36.5 Å². The van der Waals surface area contributed by atoms with Gasteiger partial charge in [0, 0.05) is 13.6 Å².